The van der Waals surface area contributed by atoms with Crippen molar-refractivity contribution in [3.8, 4) is 0 Å². The quantitative estimate of drug-likeness (QED) is 0.0345. The summed E-state index contributed by atoms with van der Waals surface area (Å²) in [5.74, 6) is 0.914. The lowest BCUT2D eigenvalue weighted by Crippen LogP contribution is -2.30. The molecule has 0 aliphatic rings. The molecule has 59 heavy (non-hydrogen) atoms. The summed E-state index contributed by atoms with van der Waals surface area (Å²) in [5, 5.41) is 0. The van der Waals surface area contributed by atoms with Crippen molar-refractivity contribution in [3.05, 3.63) is 0 Å². The van der Waals surface area contributed by atoms with Gasteiger partial charge in [-0.3, -0.25) is 14.4 Å². The van der Waals surface area contributed by atoms with E-state index in [9.17, 15) is 14.4 Å². The van der Waals surface area contributed by atoms with Crippen LogP contribution in [-0.4, -0.2) is 37.2 Å². The van der Waals surface area contributed by atoms with Crippen LogP contribution in [0.25, 0.3) is 0 Å². The number of carbonyl (C=O) groups is 3. The predicted octanol–water partition coefficient (Wildman–Crippen LogP) is 16.9. The second-order valence-electron chi connectivity index (χ2n) is 18.6. The van der Waals surface area contributed by atoms with Gasteiger partial charge >= 0.3 is 17.9 Å². The zero-order chi connectivity index (χ0) is 43.3. The van der Waals surface area contributed by atoms with Gasteiger partial charge in [0.2, 0.25) is 0 Å². The van der Waals surface area contributed by atoms with E-state index in [1.165, 1.54) is 180 Å². The molecular formula is C53H102O6. The van der Waals surface area contributed by atoms with Crippen LogP contribution >= 0.6 is 0 Å². The first-order chi connectivity index (χ1) is 28.8. The van der Waals surface area contributed by atoms with Crippen molar-refractivity contribution in [2.75, 3.05) is 13.2 Å². The van der Waals surface area contributed by atoms with Gasteiger partial charge in [-0.2, -0.15) is 0 Å². The molecule has 0 saturated carbocycles. The molecule has 0 aromatic carbocycles. The summed E-state index contributed by atoms with van der Waals surface area (Å²) in [6.45, 7) is 11.4. The molecule has 0 radical (unpaired) electrons. The molecule has 6 nitrogen and oxygen atoms in total. The lowest BCUT2D eigenvalue weighted by atomic mass is 9.99. The Morgan fingerprint density at radius 2 is 0.593 bits per heavy atom. The standard InChI is InChI=1S/C53H102O6/c1-6-9-10-11-12-21-28-33-38-43-51(54)57-46-50(47-58-52(55)44-39-34-29-24-20-19-23-27-32-37-42-49(5)8-3)59-53(56)45-40-35-30-25-18-16-14-13-15-17-22-26-31-36-41-48(4)7-2/h48-50H,6-47H2,1-5H3/t48?,49?,50-/m1/s1. The normalized spacial score (nSPS) is 13.0. The fraction of sp³-hybridized carbons (Fsp3) is 0.943. The number of carbonyl (C=O) groups excluding carboxylic acids is 3. The number of unbranched alkanes of at least 4 members (excludes halogenated alkanes) is 30. The van der Waals surface area contributed by atoms with Crippen LogP contribution in [-0.2, 0) is 28.6 Å². The minimum Gasteiger partial charge on any atom is -0.462 e. The first-order valence-electron chi connectivity index (χ1n) is 26.3. The van der Waals surface area contributed by atoms with E-state index in [1.54, 1.807) is 0 Å². The molecule has 0 fully saturated rings. The highest BCUT2D eigenvalue weighted by atomic mass is 16.6. The number of hydrogen-bond donors (Lipinski definition) is 0. The van der Waals surface area contributed by atoms with Crippen molar-refractivity contribution in [2.45, 2.75) is 298 Å². The summed E-state index contributed by atoms with van der Waals surface area (Å²) < 4.78 is 16.8. The molecule has 0 N–H and O–H groups in total. The highest BCUT2D eigenvalue weighted by molar-refractivity contribution is 5.71. The van der Waals surface area contributed by atoms with Crippen molar-refractivity contribution in [1.82, 2.24) is 0 Å². The minimum absolute atomic E-state index is 0.0639. The Kier molecular flexibility index (Phi) is 44.7. The Bertz CT molecular complexity index is 904. The zero-order valence-corrected chi connectivity index (χ0v) is 40.4. The van der Waals surface area contributed by atoms with E-state index < -0.39 is 6.10 Å². The maximum atomic E-state index is 12.8. The van der Waals surface area contributed by atoms with Crippen LogP contribution in [0.3, 0.4) is 0 Å². The average Bonchev–Trinajstić information content (AvgIpc) is 3.23. The molecule has 0 heterocycles. The van der Waals surface area contributed by atoms with Gasteiger partial charge < -0.3 is 14.2 Å². The van der Waals surface area contributed by atoms with Crippen molar-refractivity contribution in [3.63, 3.8) is 0 Å². The molecule has 0 saturated heterocycles. The summed E-state index contributed by atoms with van der Waals surface area (Å²) in [4.78, 5) is 37.9. The van der Waals surface area contributed by atoms with Crippen LogP contribution in [0.2, 0.25) is 0 Å². The van der Waals surface area contributed by atoms with Crippen LogP contribution in [0.15, 0.2) is 0 Å². The van der Waals surface area contributed by atoms with Crippen molar-refractivity contribution in [1.29, 1.82) is 0 Å². The van der Waals surface area contributed by atoms with Crippen LogP contribution in [0.4, 0.5) is 0 Å². The smallest absolute Gasteiger partial charge is 0.306 e. The summed E-state index contributed by atoms with van der Waals surface area (Å²) in [6, 6.07) is 0. The first kappa shape index (κ1) is 57.4. The Morgan fingerprint density at radius 1 is 0.339 bits per heavy atom. The summed E-state index contributed by atoms with van der Waals surface area (Å²) in [6.07, 6.45) is 46.5. The maximum Gasteiger partial charge on any atom is 0.306 e. The van der Waals surface area contributed by atoms with Crippen molar-refractivity contribution >= 4 is 17.9 Å². The molecule has 2 unspecified atom stereocenters. The fourth-order valence-electron chi connectivity index (χ4n) is 7.93. The van der Waals surface area contributed by atoms with Gasteiger partial charge in [0.15, 0.2) is 6.10 Å². The van der Waals surface area contributed by atoms with Crippen LogP contribution in [0.5, 0.6) is 0 Å². The Labute approximate surface area is 368 Å². The van der Waals surface area contributed by atoms with E-state index in [0.29, 0.717) is 19.3 Å². The van der Waals surface area contributed by atoms with Crippen LogP contribution in [0.1, 0.15) is 291 Å². The van der Waals surface area contributed by atoms with Gasteiger partial charge in [0.1, 0.15) is 13.2 Å². The first-order valence-corrected chi connectivity index (χ1v) is 26.3. The SMILES string of the molecule is CCCCCCCCCCCC(=O)OC[C@H](COC(=O)CCCCCCCCCCCCC(C)CC)OC(=O)CCCCCCCCCCCCCCCCC(C)CC. The van der Waals surface area contributed by atoms with Gasteiger partial charge in [0, 0.05) is 19.3 Å². The van der Waals surface area contributed by atoms with Crippen LogP contribution < -0.4 is 0 Å². The molecule has 0 aromatic heterocycles. The molecule has 0 rings (SSSR count). The monoisotopic (exact) mass is 835 g/mol. The third kappa shape index (κ3) is 44.3. The van der Waals surface area contributed by atoms with Gasteiger partial charge in [-0.15, -0.1) is 0 Å². The number of rotatable bonds is 47. The topological polar surface area (TPSA) is 78.9 Å². The molecule has 0 amide bonds. The molecule has 3 atom stereocenters. The van der Waals surface area contributed by atoms with E-state index in [4.69, 9.17) is 14.2 Å². The lowest BCUT2D eigenvalue weighted by molar-refractivity contribution is -0.167. The fourth-order valence-corrected chi connectivity index (χ4v) is 7.93. The van der Waals surface area contributed by atoms with Crippen molar-refractivity contribution < 1.29 is 28.6 Å². The second kappa shape index (κ2) is 45.9. The molecule has 0 aromatic rings. The van der Waals surface area contributed by atoms with E-state index >= 15 is 0 Å². The Hall–Kier alpha value is -1.59. The van der Waals surface area contributed by atoms with E-state index in [-0.39, 0.29) is 31.1 Å². The molecule has 0 aliphatic carbocycles. The molecular weight excluding hydrogens is 733 g/mol. The average molecular weight is 835 g/mol. The molecule has 350 valence electrons. The zero-order valence-electron chi connectivity index (χ0n) is 40.4. The van der Waals surface area contributed by atoms with Gasteiger partial charge in [-0.05, 0) is 31.1 Å². The highest BCUT2D eigenvalue weighted by Gasteiger charge is 2.19. The number of esters is 3. The summed E-state index contributed by atoms with van der Waals surface area (Å²) in [5.41, 5.74) is 0. The van der Waals surface area contributed by atoms with E-state index in [2.05, 4.69) is 34.6 Å². The van der Waals surface area contributed by atoms with Gasteiger partial charge in [0.25, 0.3) is 0 Å². The number of hydrogen-bond acceptors (Lipinski definition) is 6. The lowest BCUT2D eigenvalue weighted by Gasteiger charge is -2.18. The summed E-state index contributed by atoms with van der Waals surface area (Å²) >= 11 is 0. The maximum absolute atomic E-state index is 12.8. The van der Waals surface area contributed by atoms with E-state index in [1.807, 2.05) is 0 Å². The summed E-state index contributed by atoms with van der Waals surface area (Å²) in [7, 11) is 0. The van der Waals surface area contributed by atoms with Gasteiger partial charge in [-0.25, -0.2) is 0 Å². The van der Waals surface area contributed by atoms with Crippen LogP contribution in [0, 0.1) is 11.8 Å². The Morgan fingerprint density at radius 3 is 0.881 bits per heavy atom. The highest BCUT2D eigenvalue weighted by Crippen LogP contribution is 2.18. The van der Waals surface area contributed by atoms with Gasteiger partial charge in [0.05, 0.1) is 0 Å². The number of ether oxygens (including phenoxy) is 3. The van der Waals surface area contributed by atoms with Crippen molar-refractivity contribution in [2.24, 2.45) is 11.8 Å². The molecule has 0 bridgehead atoms. The third-order valence-electron chi connectivity index (χ3n) is 12.7. The van der Waals surface area contributed by atoms with E-state index in [0.717, 1.165) is 69.6 Å². The predicted molar refractivity (Wildman–Crippen MR) is 252 cm³/mol. The second-order valence-corrected chi connectivity index (χ2v) is 18.6. The van der Waals surface area contributed by atoms with Gasteiger partial charge in [-0.1, -0.05) is 253 Å². The third-order valence-corrected chi connectivity index (χ3v) is 12.7. The largest absolute Gasteiger partial charge is 0.462 e. The molecule has 0 aliphatic heterocycles. The minimum atomic E-state index is -0.761. The Balaban J connectivity index is 4.27. The molecule has 0 spiro atoms. The molecule has 6 heteroatoms.